The van der Waals surface area contributed by atoms with Crippen molar-refractivity contribution in [3.8, 4) is 11.5 Å². The van der Waals surface area contributed by atoms with Gasteiger partial charge in [-0.3, -0.25) is 0 Å². The van der Waals surface area contributed by atoms with Crippen molar-refractivity contribution in [2.24, 2.45) is 0 Å². The van der Waals surface area contributed by atoms with Gasteiger partial charge in [0.25, 0.3) is 0 Å². The van der Waals surface area contributed by atoms with Gasteiger partial charge in [-0.25, -0.2) is 0 Å². The third-order valence-corrected chi connectivity index (χ3v) is 6.09. The number of hydrogen-bond donors (Lipinski definition) is 2. The summed E-state index contributed by atoms with van der Waals surface area (Å²) in [5, 5.41) is 6.26. The number of para-hydroxylation sites is 2. The summed E-state index contributed by atoms with van der Waals surface area (Å²) in [6.45, 7) is 0. The van der Waals surface area contributed by atoms with E-state index < -0.39 is 8.91 Å². The molecular weight excluding hydrogens is 498 g/mol. The van der Waals surface area contributed by atoms with Crippen LogP contribution in [0.4, 0.5) is 11.4 Å². The zero-order chi connectivity index (χ0) is 23.3. The number of rotatable bonds is 8. The van der Waals surface area contributed by atoms with E-state index in [4.69, 9.17) is 51.1 Å². The largest absolute Gasteiger partial charge is 0.455 e. The van der Waals surface area contributed by atoms with Gasteiger partial charge < -0.3 is 15.4 Å². The molecule has 0 unspecified atom stereocenters. The third-order valence-electron chi connectivity index (χ3n) is 4.83. The average molecular weight is 518 g/mol. The van der Waals surface area contributed by atoms with Crippen LogP contribution in [0.3, 0.4) is 0 Å². The van der Waals surface area contributed by atoms with Crippen LogP contribution in [0.5, 0.6) is 11.5 Å². The normalized spacial score (nSPS) is 11.6. The summed E-state index contributed by atoms with van der Waals surface area (Å²) < 4.78 is 3.50. The lowest BCUT2D eigenvalue weighted by Gasteiger charge is -2.24. The average Bonchev–Trinajstić information content (AvgIpc) is 2.82. The quantitative estimate of drug-likeness (QED) is 0.181. The van der Waals surface area contributed by atoms with Crippen molar-refractivity contribution in [2.75, 3.05) is 10.6 Å². The van der Waals surface area contributed by atoms with Crippen molar-refractivity contribution in [1.82, 2.24) is 0 Å². The summed E-state index contributed by atoms with van der Waals surface area (Å²) in [6.07, 6.45) is 0. The predicted molar refractivity (Wildman–Crippen MR) is 140 cm³/mol. The Morgan fingerprint density at radius 2 is 1.00 bits per heavy atom. The van der Waals surface area contributed by atoms with Crippen LogP contribution in [0.2, 0.25) is 0 Å². The molecule has 0 atom stereocenters. The van der Waals surface area contributed by atoms with E-state index in [9.17, 15) is 0 Å². The molecule has 33 heavy (non-hydrogen) atoms. The Morgan fingerprint density at radius 1 is 0.515 bits per heavy atom. The SMILES string of the molecule is ClC(Cl)(Nc1ccc(Oc2ccccc2NC(Cl)(Cl)c2ccccc2)cc1)c1ccccc1. The third kappa shape index (κ3) is 6.07. The highest BCUT2D eigenvalue weighted by atomic mass is 35.5. The molecule has 7 heteroatoms. The molecule has 0 heterocycles. The Kier molecular flexibility index (Phi) is 7.26. The van der Waals surface area contributed by atoms with Gasteiger partial charge in [0.05, 0.1) is 5.69 Å². The number of hydrogen-bond acceptors (Lipinski definition) is 3. The zero-order valence-electron chi connectivity index (χ0n) is 17.3. The van der Waals surface area contributed by atoms with Gasteiger partial charge in [0.2, 0.25) is 8.91 Å². The van der Waals surface area contributed by atoms with Gasteiger partial charge in [-0.1, -0.05) is 119 Å². The zero-order valence-corrected chi connectivity index (χ0v) is 20.3. The number of nitrogens with one attached hydrogen (secondary N) is 2. The van der Waals surface area contributed by atoms with E-state index in [1.54, 1.807) is 0 Å². The second-order valence-corrected chi connectivity index (χ2v) is 9.91. The molecule has 0 radical (unpaired) electrons. The highest BCUT2D eigenvalue weighted by Crippen LogP contribution is 2.40. The molecule has 3 nitrogen and oxygen atoms in total. The molecule has 168 valence electrons. The Balaban J connectivity index is 1.48. The van der Waals surface area contributed by atoms with Crippen LogP contribution in [0.15, 0.2) is 109 Å². The smallest absolute Gasteiger partial charge is 0.214 e. The van der Waals surface area contributed by atoms with Crippen molar-refractivity contribution in [3.63, 3.8) is 0 Å². The molecule has 4 aromatic rings. The Bertz CT molecular complexity index is 1180. The van der Waals surface area contributed by atoms with Crippen LogP contribution in [0.25, 0.3) is 0 Å². The van der Waals surface area contributed by atoms with Crippen molar-refractivity contribution >= 4 is 57.8 Å². The summed E-state index contributed by atoms with van der Waals surface area (Å²) in [5.41, 5.74) is 2.87. The molecule has 0 amide bonds. The molecule has 4 rings (SSSR count). The number of halogens is 4. The maximum absolute atomic E-state index is 6.57. The van der Waals surface area contributed by atoms with Gasteiger partial charge in [0.15, 0.2) is 5.75 Å². The molecule has 0 aromatic heterocycles. The molecule has 0 spiro atoms. The standard InChI is InChI=1S/C26H20Cl4N2O/c27-25(28,19-9-3-1-4-10-19)31-21-15-17-22(18-16-21)33-24-14-8-7-13-23(24)32-26(29,30)20-11-5-2-6-12-20/h1-18,31-32H. The van der Waals surface area contributed by atoms with Gasteiger partial charge in [0, 0.05) is 16.8 Å². The molecule has 0 aliphatic heterocycles. The first-order valence-electron chi connectivity index (χ1n) is 10.1. The fourth-order valence-corrected chi connectivity index (χ4v) is 4.11. The Labute approximate surface area is 213 Å². The summed E-state index contributed by atoms with van der Waals surface area (Å²) in [5.74, 6) is 1.20. The number of benzene rings is 4. The van der Waals surface area contributed by atoms with Crippen LogP contribution < -0.4 is 15.4 Å². The van der Waals surface area contributed by atoms with Crippen LogP contribution in [-0.2, 0) is 8.91 Å². The van der Waals surface area contributed by atoms with Crippen molar-refractivity contribution in [1.29, 1.82) is 0 Å². The maximum Gasteiger partial charge on any atom is 0.214 e. The van der Waals surface area contributed by atoms with E-state index in [2.05, 4.69) is 10.6 Å². The van der Waals surface area contributed by atoms with E-state index in [0.29, 0.717) is 17.2 Å². The van der Waals surface area contributed by atoms with E-state index in [1.807, 2.05) is 109 Å². The first-order valence-corrected chi connectivity index (χ1v) is 11.6. The van der Waals surface area contributed by atoms with Crippen molar-refractivity contribution < 1.29 is 4.74 Å². The van der Waals surface area contributed by atoms with Crippen molar-refractivity contribution in [3.05, 3.63) is 120 Å². The first-order chi connectivity index (χ1) is 15.8. The van der Waals surface area contributed by atoms with Gasteiger partial charge in [-0.05, 0) is 36.4 Å². The summed E-state index contributed by atoms with van der Waals surface area (Å²) in [6, 6.07) is 33.5. The fraction of sp³-hybridized carbons (Fsp3) is 0.0769. The van der Waals surface area contributed by atoms with Gasteiger partial charge >= 0.3 is 0 Å². The van der Waals surface area contributed by atoms with E-state index in [1.165, 1.54) is 0 Å². The minimum absolute atomic E-state index is 0.577. The Hall–Kier alpha value is -2.56. The maximum atomic E-state index is 6.57. The summed E-state index contributed by atoms with van der Waals surface area (Å²) >= 11 is 26.1. The van der Waals surface area contributed by atoms with Gasteiger partial charge in [-0.2, -0.15) is 0 Å². The molecule has 0 aliphatic carbocycles. The van der Waals surface area contributed by atoms with Crippen LogP contribution in [0.1, 0.15) is 11.1 Å². The van der Waals surface area contributed by atoms with Crippen LogP contribution in [0, 0.1) is 0 Å². The van der Waals surface area contributed by atoms with Gasteiger partial charge in [-0.15, -0.1) is 0 Å². The van der Waals surface area contributed by atoms with Gasteiger partial charge in [0.1, 0.15) is 5.75 Å². The number of anilines is 2. The molecule has 4 aromatic carbocycles. The van der Waals surface area contributed by atoms with E-state index in [0.717, 1.165) is 16.8 Å². The summed E-state index contributed by atoms with van der Waals surface area (Å²) in [4.78, 5) is 0. The number of ether oxygens (including phenoxy) is 1. The fourth-order valence-electron chi connectivity index (χ4n) is 3.18. The minimum Gasteiger partial charge on any atom is -0.455 e. The molecule has 0 saturated heterocycles. The first kappa shape index (κ1) is 23.6. The van der Waals surface area contributed by atoms with E-state index >= 15 is 0 Å². The molecular formula is C26H20Cl4N2O. The lowest BCUT2D eigenvalue weighted by Crippen LogP contribution is -2.22. The highest BCUT2D eigenvalue weighted by molar-refractivity contribution is 6.49. The molecule has 0 fully saturated rings. The van der Waals surface area contributed by atoms with Crippen LogP contribution in [-0.4, -0.2) is 0 Å². The minimum atomic E-state index is -1.32. The molecule has 2 N–H and O–H groups in total. The molecule has 0 aliphatic rings. The highest BCUT2D eigenvalue weighted by Gasteiger charge is 2.28. The molecule has 0 saturated carbocycles. The summed E-state index contributed by atoms with van der Waals surface area (Å²) in [7, 11) is 0. The second kappa shape index (κ2) is 10.1. The lowest BCUT2D eigenvalue weighted by molar-refractivity contribution is 0.484. The van der Waals surface area contributed by atoms with E-state index in [-0.39, 0.29) is 0 Å². The predicted octanol–water partition coefficient (Wildman–Crippen LogP) is 8.88. The van der Waals surface area contributed by atoms with Crippen LogP contribution >= 0.6 is 46.4 Å². The second-order valence-electron chi connectivity index (χ2n) is 7.25. The monoisotopic (exact) mass is 516 g/mol. The topological polar surface area (TPSA) is 33.3 Å². The molecule has 0 bridgehead atoms. The number of alkyl halides is 4. The van der Waals surface area contributed by atoms with Crippen molar-refractivity contribution in [2.45, 2.75) is 8.91 Å². The Morgan fingerprint density at radius 3 is 1.58 bits per heavy atom. The lowest BCUT2D eigenvalue weighted by atomic mass is 10.2.